The van der Waals surface area contributed by atoms with E-state index in [0.717, 1.165) is 28.8 Å². The summed E-state index contributed by atoms with van der Waals surface area (Å²) in [6.45, 7) is 2.13. The summed E-state index contributed by atoms with van der Waals surface area (Å²) in [6, 6.07) is 5.91. The molecule has 4 heteroatoms. The highest BCUT2D eigenvalue weighted by molar-refractivity contribution is 9.10. The second-order valence-corrected chi connectivity index (χ2v) is 4.24. The van der Waals surface area contributed by atoms with Crippen LogP contribution in [0.5, 0.6) is 0 Å². The van der Waals surface area contributed by atoms with E-state index in [1.165, 1.54) is 6.42 Å². The van der Waals surface area contributed by atoms with Gasteiger partial charge < -0.3 is 10.6 Å². The van der Waals surface area contributed by atoms with Crippen molar-refractivity contribution in [2.75, 3.05) is 18.0 Å². The first-order valence-electron chi connectivity index (χ1n) is 4.58. The van der Waals surface area contributed by atoms with Crippen LogP contribution in [0.2, 0.25) is 0 Å². The van der Waals surface area contributed by atoms with Crippen LogP contribution in [0.1, 0.15) is 12.0 Å². The number of halogens is 1. The molecule has 1 aromatic carbocycles. The Hall–Kier alpha value is -1.03. The highest BCUT2D eigenvalue weighted by Crippen LogP contribution is 2.30. The fourth-order valence-corrected chi connectivity index (χ4v) is 2.17. The van der Waals surface area contributed by atoms with Crippen molar-refractivity contribution in [1.82, 2.24) is 0 Å². The maximum absolute atomic E-state index is 7.53. The Morgan fingerprint density at radius 1 is 1.43 bits per heavy atom. The molecule has 1 aromatic rings. The SMILES string of the molecule is N=C(N)c1c(Br)cccc1N1CCC1. The van der Waals surface area contributed by atoms with Gasteiger partial charge in [0, 0.05) is 23.2 Å². The number of nitrogens with one attached hydrogen (secondary N) is 1. The van der Waals surface area contributed by atoms with E-state index in [2.05, 4.69) is 20.8 Å². The van der Waals surface area contributed by atoms with Gasteiger partial charge in [0.25, 0.3) is 0 Å². The molecule has 0 spiro atoms. The molecule has 74 valence electrons. The summed E-state index contributed by atoms with van der Waals surface area (Å²) in [5, 5.41) is 7.53. The van der Waals surface area contributed by atoms with Crippen molar-refractivity contribution < 1.29 is 0 Å². The first kappa shape index (κ1) is 9.52. The van der Waals surface area contributed by atoms with Crippen LogP contribution < -0.4 is 10.6 Å². The lowest BCUT2D eigenvalue weighted by atomic mass is 10.1. The fraction of sp³-hybridized carbons (Fsp3) is 0.300. The summed E-state index contributed by atoms with van der Waals surface area (Å²) in [6.07, 6.45) is 1.23. The molecule has 1 fully saturated rings. The van der Waals surface area contributed by atoms with E-state index < -0.39 is 0 Å². The van der Waals surface area contributed by atoms with E-state index in [9.17, 15) is 0 Å². The van der Waals surface area contributed by atoms with Crippen molar-refractivity contribution in [3.63, 3.8) is 0 Å². The third kappa shape index (κ3) is 1.50. The van der Waals surface area contributed by atoms with Gasteiger partial charge in [0.1, 0.15) is 5.84 Å². The molecular weight excluding hydrogens is 242 g/mol. The van der Waals surface area contributed by atoms with Crippen molar-refractivity contribution in [3.8, 4) is 0 Å². The zero-order valence-corrected chi connectivity index (χ0v) is 9.34. The number of anilines is 1. The molecule has 2 rings (SSSR count). The van der Waals surface area contributed by atoms with E-state index in [1.54, 1.807) is 0 Å². The number of nitrogens with zero attached hydrogens (tertiary/aromatic N) is 1. The Kier molecular flexibility index (Phi) is 2.46. The van der Waals surface area contributed by atoms with Crippen molar-refractivity contribution in [2.24, 2.45) is 5.73 Å². The summed E-state index contributed by atoms with van der Waals surface area (Å²) in [7, 11) is 0. The number of rotatable bonds is 2. The van der Waals surface area contributed by atoms with Gasteiger partial charge in [0.2, 0.25) is 0 Å². The fourth-order valence-electron chi connectivity index (χ4n) is 1.60. The second kappa shape index (κ2) is 3.61. The molecule has 0 aromatic heterocycles. The smallest absolute Gasteiger partial charge is 0.126 e. The molecule has 3 nitrogen and oxygen atoms in total. The van der Waals surface area contributed by atoms with Gasteiger partial charge in [-0.25, -0.2) is 0 Å². The van der Waals surface area contributed by atoms with Crippen LogP contribution in [-0.4, -0.2) is 18.9 Å². The summed E-state index contributed by atoms with van der Waals surface area (Å²) in [4.78, 5) is 2.24. The minimum Gasteiger partial charge on any atom is -0.384 e. The van der Waals surface area contributed by atoms with Gasteiger partial charge in [-0.1, -0.05) is 6.07 Å². The van der Waals surface area contributed by atoms with E-state index in [0.29, 0.717) is 0 Å². The first-order chi connectivity index (χ1) is 6.70. The van der Waals surface area contributed by atoms with Gasteiger partial charge in [0.15, 0.2) is 0 Å². The predicted octanol–water partition coefficient (Wildman–Crippen LogP) is 1.94. The van der Waals surface area contributed by atoms with Crippen molar-refractivity contribution >= 4 is 27.5 Å². The van der Waals surface area contributed by atoms with E-state index in [4.69, 9.17) is 11.1 Å². The number of nitrogen functional groups attached to an aromatic ring is 1. The molecule has 0 aliphatic carbocycles. The molecule has 1 heterocycles. The maximum atomic E-state index is 7.53. The highest BCUT2D eigenvalue weighted by atomic mass is 79.9. The van der Waals surface area contributed by atoms with Crippen molar-refractivity contribution in [3.05, 3.63) is 28.2 Å². The number of amidine groups is 1. The lowest BCUT2D eigenvalue weighted by Gasteiger charge is -2.34. The predicted molar refractivity (Wildman–Crippen MR) is 62.0 cm³/mol. The maximum Gasteiger partial charge on any atom is 0.126 e. The highest BCUT2D eigenvalue weighted by Gasteiger charge is 2.19. The van der Waals surface area contributed by atoms with Gasteiger partial charge in [-0.15, -0.1) is 0 Å². The van der Waals surface area contributed by atoms with Crippen LogP contribution in [-0.2, 0) is 0 Å². The number of nitrogens with two attached hydrogens (primary N) is 1. The standard InChI is InChI=1S/C10H12BrN3/c11-7-3-1-4-8(9(7)10(12)13)14-5-2-6-14/h1,3-4H,2,5-6H2,(H3,12,13). The lowest BCUT2D eigenvalue weighted by Crippen LogP contribution is -2.38. The van der Waals surface area contributed by atoms with Gasteiger partial charge in [0.05, 0.1) is 5.56 Å². The molecule has 0 amide bonds. The van der Waals surface area contributed by atoms with Crippen LogP contribution in [0.3, 0.4) is 0 Å². The topological polar surface area (TPSA) is 53.1 Å². The Bertz CT molecular complexity index is 372. The van der Waals surface area contributed by atoms with Crippen LogP contribution >= 0.6 is 15.9 Å². The minimum absolute atomic E-state index is 0.124. The van der Waals surface area contributed by atoms with Gasteiger partial charge >= 0.3 is 0 Å². The zero-order chi connectivity index (χ0) is 10.1. The average molecular weight is 254 g/mol. The number of hydrogen-bond acceptors (Lipinski definition) is 2. The monoisotopic (exact) mass is 253 g/mol. The summed E-state index contributed by atoms with van der Waals surface area (Å²) >= 11 is 3.42. The van der Waals surface area contributed by atoms with Gasteiger partial charge in [-0.2, -0.15) is 0 Å². The third-order valence-corrected chi connectivity index (χ3v) is 3.12. The van der Waals surface area contributed by atoms with Crippen molar-refractivity contribution in [2.45, 2.75) is 6.42 Å². The molecule has 14 heavy (non-hydrogen) atoms. The molecule has 1 aliphatic heterocycles. The molecule has 0 radical (unpaired) electrons. The summed E-state index contributed by atoms with van der Waals surface area (Å²) in [5.74, 6) is 0.124. The molecule has 0 bridgehead atoms. The zero-order valence-electron chi connectivity index (χ0n) is 7.76. The Morgan fingerprint density at radius 2 is 2.14 bits per heavy atom. The number of benzene rings is 1. The lowest BCUT2D eigenvalue weighted by molar-refractivity contribution is 0.617. The normalized spacial score (nSPS) is 15.1. The van der Waals surface area contributed by atoms with E-state index in [-0.39, 0.29) is 5.84 Å². The van der Waals surface area contributed by atoms with E-state index in [1.807, 2.05) is 18.2 Å². The Balaban J connectivity index is 2.46. The quantitative estimate of drug-likeness (QED) is 0.626. The van der Waals surface area contributed by atoms with E-state index >= 15 is 0 Å². The molecule has 0 atom stereocenters. The molecular formula is C10H12BrN3. The minimum atomic E-state index is 0.124. The summed E-state index contributed by atoms with van der Waals surface area (Å²) in [5.41, 5.74) is 7.44. The molecule has 1 aliphatic rings. The van der Waals surface area contributed by atoms with Crippen LogP contribution in [0.25, 0.3) is 0 Å². The molecule has 0 saturated carbocycles. The van der Waals surface area contributed by atoms with Crippen molar-refractivity contribution in [1.29, 1.82) is 5.41 Å². The molecule has 1 saturated heterocycles. The first-order valence-corrected chi connectivity index (χ1v) is 5.37. The second-order valence-electron chi connectivity index (χ2n) is 3.39. The van der Waals surface area contributed by atoms with Gasteiger partial charge in [-0.3, -0.25) is 5.41 Å². The third-order valence-electron chi connectivity index (χ3n) is 2.46. The van der Waals surface area contributed by atoms with Crippen LogP contribution in [0, 0.1) is 5.41 Å². The van der Waals surface area contributed by atoms with Crippen LogP contribution in [0.15, 0.2) is 22.7 Å². The largest absolute Gasteiger partial charge is 0.384 e. The molecule has 0 unspecified atom stereocenters. The van der Waals surface area contributed by atoms with Gasteiger partial charge in [-0.05, 0) is 34.5 Å². The molecule has 3 N–H and O–H groups in total. The summed E-state index contributed by atoms with van der Waals surface area (Å²) < 4.78 is 0.898. The number of hydrogen-bond donors (Lipinski definition) is 2. The Labute approximate surface area is 91.5 Å². The average Bonchev–Trinajstić information content (AvgIpc) is 1.99. The van der Waals surface area contributed by atoms with Crippen LogP contribution in [0.4, 0.5) is 5.69 Å². The Morgan fingerprint density at radius 3 is 2.64 bits per heavy atom.